The molecule has 0 aliphatic carbocycles. The van der Waals surface area contributed by atoms with E-state index in [1.807, 2.05) is 0 Å². The number of hydrogen-bond donors (Lipinski definition) is 0. The Morgan fingerprint density at radius 2 is 1.27 bits per heavy atom. The van der Waals surface area contributed by atoms with Crippen molar-refractivity contribution in [3.63, 3.8) is 0 Å². The van der Waals surface area contributed by atoms with E-state index in [1.165, 1.54) is 0 Å². The van der Waals surface area contributed by atoms with Crippen molar-refractivity contribution in [2.24, 2.45) is 0 Å². The number of hydrogen-bond acceptors (Lipinski definition) is 3. The average molecular weight is 283 g/mol. The average Bonchev–Trinajstić information content (AvgIpc) is 2.00. The molecule has 0 N–H and O–H groups in total. The molecular formula is C8H26O3Si4. The summed E-state index contributed by atoms with van der Waals surface area (Å²) >= 11 is 0. The van der Waals surface area contributed by atoms with Crippen LogP contribution in [-0.2, 0) is 12.7 Å². The zero-order valence-electron chi connectivity index (χ0n) is 11.4. The van der Waals surface area contributed by atoms with E-state index in [1.54, 1.807) is 7.11 Å². The van der Waals surface area contributed by atoms with Gasteiger partial charge >= 0.3 is 17.1 Å². The predicted octanol–water partition coefficient (Wildman–Crippen LogP) is 1.99. The maximum absolute atomic E-state index is 6.28. The molecule has 3 nitrogen and oxygen atoms in total. The van der Waals surface area contributed by atoms with E-state index in [0.29, 0.717) is 0 Å². The SMILES string of the molecule is CO[Si](C)(C)O[Si](C)(C)O[Si](C)(C)[SiH2]C. The van der Waals surface area contributed by atoms with Gasteiger partial charge in [-0.2, -0.15) is 0 Å². The first-order valence-corrected chi connectivity index (χ1v) is 17.8. The van der Waals surface area contributed by atoms with E-state index in [2.05, 4.69) is 45.8 Å². The molecule has 0 atom stereocenters. The molecule has 0 saturated heterocycles. The van der Waals surface area contributed by atoms with Crippen molar-refractivity contribution in [2.75, 3.05) is 7.11 Å². The fourth-order valence-electron chi connectivity index (χ4n) is 1.39. The van der Waals surface area contributed by atoms with Crippen LogP contribution in [0.4, 0.5) is 0 Å². The molecular weight excluding hydrogens is 256 g/mol. The highest BCUT2D eigenvalue weighted by Crippen LogP contribution is 2.20. The van der Waals surface area contributed by atoms with Crippen molar-refractivity contribution >= 4 is 34.0 Å². The van der Waals surface area contributed by atoms with Crippen molar-refractivity contribution in [3.8, 4) is 0 Å². The van der Waals surface area contributed by atoms with Gasteiger partial charge in [0.05, 0.1) is 0 Å². The van der Waals surface area contributed by atoms with Gasteiger partial charge in [0, 0.05) is 16.1 Å². The Balaban J connectivity index is 4.43. The molecule has 0 bridgehead atoms. The molecule has 92 valence electrons. The summed E-state index contributed by atoms with van der Waals surface area (Å²) in [4.78, 5) is 0. The van der Waals surface area contributed by atoms with Gasteiger partial charge in [-0.3, -0.25) is 0 Å². The third kappa shape index (κ3) is 6.82. The molecule has 0 saturated carbocycles. The standard InChI is InChI=1S/C8H26O3Si4/c1-9-13(3,4)10-14(5,6)11-15(7,8)12-2/h12H2,1-8H3. The monoisotopic (exact) mass is 282 g/mol. The lowest BCUT2D eigenvalue weighted by atomic mass is 11.8. The minimum atomic E-state index is -1.98. The maximum atomic E-state index is 6.28. The van der Waals surface area contributed by atoms with Crippen LogP contribution in [0.25, 0.3) is 0 Å². The van der Waals surface area contributed by atoms with Crippen LogP contribution < -0.4 is 0 Å². The Morgan fingerprint density at radius 1 is 0.800 bits per heavy atom. The first-order valence-electron chi connectivity index (χ1n) is 5.49. The molecule has 0 amide bonds. The van der Waals surface area contributed by atoms with Gasteiger partial charge in [-0.15, -0.1) is 0 Å². The first kappa shape index (κ1) is 15.7. The highest BCUT2D eigenvalue weighted by atomic mass is 29.2. The lowest BCUT2D eigenvalue weighted by molar-refractivity contribution is 0.281. The second-order valence-electron chi connectivity index (χ2n) is 5.32. The number of rotatable bonds is 6. The topological polar surface area (TPSA) is 27.7 Å². The van der Waals surface area contributed by atoms with E-state index in [9.17, 15) is 0 Å². The molecule has 0 spiro atoms. The van der Waals surface area contributed by atoms with E-state index in [4.69, 9.17) is 12.7 Å². The zero-order chi connectivity index (χ0) is 12.3. The molecule has 0 heterocycles. The zero-order valence-corrected chi connectivity index (χ0v) is 15.8. The molecule has 7 heteroatoms. The second-order valence-corrected chi connectivity index (χ2v) is 24.4. The normalized spacial score (nSPS) is 15.2. The fourth-order valence-corrected chi connectivity index (χ4v) is 17.3. The highest BCUT2D eigenvalue weighted by molar-refractivity contribution is 7.21. The lowest BCUT2D eigenvalue weighted by Gasteiger charge is -2.37. The molecule has 0 aliphatic rings. The van der Waals surface area contributed by atoms with Crippen LogP contribution in [0.15, 0.2) is 0 Å². The Labute approximate surface area is 99.8 Å². The van der Waals surface area contributed by atoms with E-state index in [0.717, 1.165) is 0 Å². The minimum absolute atomic E-state index is 0.0513. The van der Waals surface area contributed by atoms with Gasteiger partial charge in [0.2, 0.25) is 0 Å². The van der Waals surface area contributed by atoms with Crippen molar-refractivity contribution in [1.82, 2.24) is 0 Å². The van der Waals surface area contributed by atoms with Crippen molar-refractivity contribution in [1.29, 1.82) is 0 Å². The van der Waals surface area contributed by atoms with Gasteiger partial charge in [-0.1, -0.05) is 6.55 Å². The van der Waals surface area contributed by atoms with Gasteiger partial charge in [0.1, 0.15) is 0 Å². The molecule has 0 aromatic heterocycles. The van der Waals surface area contributed by atoms with Crippen LogP contribution in [0.3, 0.4) is 0 Å². The summed E-state index contributed by atoms with van der Waals surface area (Å²) in [6.07, 6.45) is 0. The van der Waals surface area contributed by atoms with Gasteiger partial charge in [-0.05, 0) is 39.3 Å². The lowest BCUT2D eigenvalue weighted by Crippen LogP contribution is -2.54. The van der Waals surface area contributed by atoms with Crippen molar-refractivity contribution in [3.05, 3.63) is 0 Å². The molecule has 0 aromatic carbocycles. The summed E-state index contributed by atoms with van der Waals surface area (Å²) in [7, 11) is -3.64. The van der Waals surface area contributed by atoms with Crippen LogP contribution in [0.5, 0.6) is 0 Å². The molecule has 0 radical (unpaired) electrons. The molecule has 0 fully saturated rings. The van der Waals surface area contributed by atoms with Crippen LogP contribution in [0, 0.1) is 0 Å². The Bertz CT molecular complexity index is 186. The molecule has 0 aromatic rings. The van der Waals surface area contributed by atoms with E-state index in [-0.39, 0.29) is 9.04 Å². The Kier molecular flexibility index (Phi) is 5.65. The van der Waals surface area contributed by atoms with Crippen LogP contribution in [0.1, 0.15) is 0 Å². The largest absolute Gasteiger partial charge is 0.440 e. The summed E-state index contributed by atoms with van der Waals surface area (Å²) in [5, 5.41) is 0. The summed E-state index contributed by atoms with van der Waals surface area (Å²) in [6.45, 7) is 15.4. The highest BCUT2D eigenvalue weighted by Gasteiger charge is 2.39. The summed E-state index contributed by atoms with van der Waals surface area (Å²) in [6, 6.07) is 0. The van der Waals surface area contributed by atoms with Crippen LogP contribution in [-0.4, -0.2) is 41.1 Å². The third-order valence-electron chi connectivity index (χ3n) is 2.36. The van der Waals surface area contributed by atoms with Crippen molar-refractivity contribution in [2.45, 2.75) is 45.8 Å². The maximum Gasteiger partial charge on any atom is 0.322 e. The van der Waals surface area contributed by atoms with Crippen molar-refractivity contribution < 1.29 is 12.7 Å². The summed E-state index contributed by atoms with van der Waals surface area (Å²) in [5.74, 6) is 0. The van der Waals surface area contributed by atoms with E-state index < -0.39 is 25.0 Å². The molecule has 15 heavy (non-hydrogen) atoms. The molecule has 0 rings (SSSR count). The second kappa shape index (κ2) is 5.39. The van der Waals surface area contributed by atoms with E-state index >= 15 is 0 Å². The molecule has 0 unspecified atom stereocenters. The molecule has 0 aliphatic heterocycles. The summed E-state index contributed by atoms with van der Waals surface area (Å²) in [5.41, 5.74) is 0. The minimum Gasteiger partial charge on any atom is -0.440 e. The first-order chi connectivity index (χ1) is 6.54. The van der Waals surface area contributed by atoms with Crippen LogP contribution in [0.2, 0.25) is 45.8 Å². The van der Waals surface area contributed by atoms with Gasteiger partial charge in [-0.25, -0.2) is 0 Å². The predicted molar refractivity (Wildman–Crippen MR) is 76.0 cm³/mol. The quantitative estimate of drug-likeness (QED) is 0.697. The third-order valence-corrected chi connectivity index (χ3v) is 19.6. The van der Waals surface area contributed by atoms with Gasteiger partial charge < -0.3 is 12.7 Å². The Morgan fingerprint density at radius 3 is 1.60 bits per heavy atom. The fraction of sp³-hybridized carbons (Fsp3) is 1.00. The smallest absolute Gasteiger partial charge is 0.322 e. The van der Waals surface area contributed by atoms with Gasteiger partial charge in [0.15, 0.2) is 7.83 Å². The summed E-state index contributed by atoms with van der Waals surface area (Å²) < 4.78 is 17.8. The van der Waals surface area contributed by atoms with Gasteiger partial charge in [0.25, 0.3) is 0 Å². The Hall–Kier alpha value is 0.748. The van der Waals surface area contributed by atoms with Crippen LogP contribution >= 0.6 is 0 Å².